The minimum absolute atomic E-state index is 0.258. The van der Waals surface area contributed by atoms with E-state index in [0.29, 0.717) is 32.7 Å². The highest BCUT2D eigenvalue weighted by atomic mass is 32.1. The number of carbonyl (C=O) groups is 2. The second kappa shape index (κ2) is 8.01. The molecule has 7 heteroatoms. The zero-order valence-corrected chi connectivity index (χ0v) is 16.0. The first-order chi connectivity index (χ1) is 13.0. The lowest BCUT2D eigenvalue weighted by Crippen LogP contribution is -2.11. The molecule has 6 nitrogen and oxygen atoms in total. The molecule has 0 saturated heterocycles. The number of methoxy groups -OCH3 is 1. The van der Waals surface area contributed by atoms with Gasteiger partial charge < -0.3 is 10.1 Å². The molecule has 3 aromatic rings. The third-order valence-corrected chi connectivity index (χ3v) is 4.96. The Bertz CT molecular complexity index is 963. The Balaban J connectivity index is 1.70. The Hall–Kier alpha value is -3.19. The van der Waals surface area contributed by atoms with Crippen LogP contribution in [0.5, 0.6) is 5.75 Å². The lowest BCUT2D eigenvalue weighted by Gasteiger charge is -2.05. The molecule has 0 aliphatic rings. The molecule has 1 heterocycles. The van der Waals surface area contributed by atoms with Crippen LogP contribution in [-0.2, 0) is 0 Å². The Labute approximate surface area is 161 Å². The highest BCUT2D eigenvalue weighted by Gasteiger charge is 2.17. The van der Waals surface area contributed by atoms with Crippen LogP contribution in [0.25, 0.3) is 0 Å². The molecule has 0 aliphatic carbocycles. The number of anilines is 2. The topological polar surface area (TPSA) is 80.3 Å². The fraction of sp³-hybridized carbons (Fsp3) is 0.150. The fourth-order valence-electron chi connectivity index (χ4n) is 2.40. The first-order valence-electron chi connectivity index (χ1n) is 8.27. The molecular weight excluding hydrogens is 362 g/mol. The summed E-state index contributed by atoms with van der Waals surface area (Å²) >= 11 is 1.14. The maximum absolute atomic E-state index is 12.5. The number of nitrogens with one attached hydrogen (secondary N) is 2. The van der Waals surface area contributed by atoms with Crippen molar-refractivity contribution >= 4 is 34.0 Å². The van der Waals surface area contributed by atoms with Gasteiger partial charge >= 0.3 is 0 Å². The second-order valence-corrected chi connectivity index (χ2v) is 6.94. The Morgan fingerprint density at radius 3 is 2.22 bits per heavy atom. The summed E-state index contributed by atoms with van der Waals surface area (Å²) in [4.78, 5) is 29.6. The van der Waals surface area contributed by atoms with Gasteiger partial charge in [0, 0.05) is 11.3 Å². The number of benzene rings is 2. The zero-order valence-electron chi connectivity index (χ0n) is 15.2. The van der Waals surface area contributed by atoms with Crippen molar-refractivity contribution in [1.29, 1.82) is 0 Å². The van der Waals surface area contributed by atoms with Crippen molar-refractivity contribution < 1.29 is 14.3 Å². The molecule has 0 radical (unpaired) electrons. The van der Waals surface area contributed by atoms with Crippen LogP contribution in [0.2, 0.25) is 0 Å². The van der Waals surface area contributed by atoms with E-state index in [2.05, 4.69) is 15.6 Å². The number of hydrogen-bond acceptors (Lipinski definition) is 5. The standard InChI is InChI=1S/C20H19N3O3S/c1-12-4-6-14(7-5-12)18(24)23-20-21-13(2)17(27-20)19(25)22-15-8-10-16(26-3)11-9-15/h4-11H,1-3H3,(H,22,25)(H,21,23,24). The van der Waals surface area contributed by atoms with Crippen LogP contribution in [-0.4, -0.2) is 23.9 Å². The molecule has 0 aliphatic heterocycles. The zero-order chi connectivity index (χ0) is 19.4. The van der Waals surface area contributed by atoms with Crippen molar-refractivity contribution in [3.05, 3.63) is 70.2 Å². The van der Waals surface area contributed by atoms with Gasteiger partial charge in [0.15, 0.2) is 5.13 Å². The highest BCUT2D eigenvalue weighted by Crippen LogP contribution is 2.25. The molecule has 1 aromatic heterocycles. The van der Waals surface area contributed by atoms with Gasteiger partial charge in [-0.3, -0.25) is 14.9 Å². The number of nitrogens with zero attached hydrogens (tertiary/aromatic N) is 1. The van der Waals surface area contributed by atoms with E-state index in [9.17, 15) is 9.59 Å². The molecule has 0 spiro atoms. The first kappa shape index (κ1) is 18.6. The normalized spacial score (nSPS) is 10.3. The maximum atomic E-state index is 12.5. The predicted molar refractivity (Wildman–Crippen MR) is 107 cm³/mol. The molecular formula is C20H19N3O3S. The van der Waals surface area contributed by atoms with E-state index in [0.717, 1.165) is 16.9 Å². The van der Waals surface area contributed by atoms with E-state index in [1.807, 2.05) is 19.1 Å². The van der Waals surface area contributed by atoms with Crippen molar-refractivity contribution in [3.63, 3.8) is 0 Å². The number of amides is 2. The summed E-state index contributed by atoms with van der Waals surface area (Å²) in [6, 6.07) is 14.3. The molecule has 2 N–H and O–H groups in total. The molecule has 3 rings (SSSR count). The maximum Gasteiger partial charge on any atom is 0.267 e. The van der Waals surface area contributed by atoms with Crippen molar-refractivity contribution in [2.75, 3.05) is 17.7 Å². The lowest BCUT2D eigenvalue weighted by molar-refractivity contribution is 0.102. The number of carbonyl (C=O) groups excluding carboxylic acids is 2. The van der Waals surface area contributed by atoms with E-state index in [1.165, 1.54) is 0 Å². The van der Waals surface area contributed by atoms with Gasteiger partial charge in [0.2, 0.25) is 0 Å². The summed E-state index contributed by atoms with van der Waals surface area (Å²) < 4.78 is 5.10. The first-order valence-corrected chi connectivity index (χ1v) is 9.09. The van der Waals surface area contributed by atoms with Crippen LogP contribution in [0.3, 0.4) is 0 Å². The SMILES string of the molecule is COc1ccc(NC(=O)c2sc(NC(=O)c3ccc(C)cc3)nc2C)cc1. The molecule has 0 saturated carbocycles. The van der Waals surface area contributed by atoms with Gasteiger partial charge in [-0.2, -0.15) is 0 Å². The van der Waals surface area contributed by atoms with Gasteiger partial charge in [-0.25, -0.2) is 4.98 Å². The number of aromatic nitrogens is 1. The summed E-state index contributed by atoms with van der Waals surface area (Å²) in [6.07, 6.45) is 0. The van der Waals surface area contributed by atoms with E-state index >= 15 is 0 Å². The molecule has 27 heavy (non-hydrogen) atoms. The molecule has 2 aromatic carbocycles. The summed E-state index contributed by atoms with van der Waals surface area (Å²) in [5.74, 6) is 0.180. The van der Waals surface area contributed by atoms with Crippen molar-refractivity contribution in [3.8, 4) is 5.75 Å². The average molecular weight is 381 g/mol. The monoisotopic (exact) mass is 381 g/mol. The smallest absolute Gasteiger partial charge is 0.267 e. The molecule has 0 unspecified atom stereocenters. The lowest BCUT2D eigenvalue weighted by atomic mass is 10.1. The van der Waals surface area contributed by atoms with Gasteiger partial charge in [0.05, 0.1) is 12.8 Å². The van der Waals surface area contributed by atoms with E-state index < -0.39 is 0 Å². The van der Waals surface area contributed by atoms with Crippen LogP contribution in [0, 0.1) is 13.8 Å². The van der Waals surface area contributed by atoms with Crippen LogP contribution in [0.1, 0.15) is 31.3 Å². The van der Waals surface area contributed by atoms with Crippen LogP contribution in [0.15, 0.2) is 48.5 Å². The van der Waals surface area contributed by atoms with Crippen molar-refractivity contribution in [2.24, 2.45) is 0 Å². The van der Waals surface area contributed by atoms with Crippen molar-refractivity contribution in [1.82, 2.24) is 4.98 Å². The summed E-state index contributed by atoms with van der Waals surface area (Å²) in [6.45, 7) is 3.69. The van der Waals surface area contributed by atoms with Gasteiger partial charge in [-0.1, -0.05) is 29.0 Å². The highest BCUT2D eigenvalue weighted by molar-refractivity contribution is 7.17. The average Bonchev–Trinajstić information content (AvgIpc) is 3.03. The fourth-order valence-corrected chi connectivity index (χ4v) is 3.25. The Morgan fingerprint density at radius 1 is 0.926 bits per heavy atom. The van der Waals surface area contributed by atoms with Crippen LogP contribution >= 0.6 is 11.3 Å². The van der Waals surface area contributed by atoms with Gasteiger partial charge in [-0.05, 0) is 50.2 Å². The minimum Gasteiger partial charge on any atom is -0.497 e. The number of ether oxygens (including phenoxy) is 1. The third-order valence-electron chi connectivity index (χ3n) is 3.88. The molecule has 0 fully saturated rings. The molecule has 138 valence electrons. The number of thiazole rings is 1. The minimum atomic E-state index is -0.272. The van der Waals surface area contributed by atoms with Crippen LogP contribution in [0.4, 0.5) is 10.8 Å². The van der Waals surface area contributed by atoms with Gasteiger partial charge in [-0.15, -0.1) is 0 Å². The Kier molecular flexibility index (Phi) is 5.52. The van der Waals surface area contributed by atoms with Crippen molar-refractivity contribution in [2.45, 2.75) is 13.8 Å². The van der Waals surface area contributed by atoms with E-state index in [1.54, 1.807) is 50.4 Å². The number of hydrogen-bond donors (Lipinski definition) is 2. The van der Waals surface area contributed by atoms with Gasteiger partial charge in [0.1, 0.15) is 10.6 Å². The number of rotatable bonds is 5. The summed E-state index contributed by atoms with van der Waals surface area (Å²) in [7, 11) is 1.58. The molecule has 2 amide bonds. The second-order valence-electron chi connectivity index (χ2n) is 5.94. The quantitative estimate of drug-likeness (QED) is 0.691. The molecule has 0 atom stereocenters. The van der Waals surface area contributed by atoms with Crippen LogP contribution < -0.4 is 15.4 Å². The Morgan fingerprint density at radius 2 is 1.59 bits per heavy atom. The van der Waals surface area contributed by atoms with E-state index in [4.69, 9.17) is 4.74 Å². The summed E-state index contributed by atoms with van der Waals surface area (Å²) in [5, 5.41) is 5.95. The summed E-state index contributed by atoms with van der Waals surface area (Å²) in [5.41, 5.74) is 2.83. The number of aryl methyl sites for hydroxylation is 2. The third kappa shape index (κ3) is 4.51. The van der Waals surface area contributed by atoms with Gasteiger partial charge in [0.25, 0.3) is 11.8 Å². The van der Waals surface area contributed by atoms with E-state index in [-0.39, 0.29) is 11.8 Å². The predicted octanol–water partition coefficient (Wildman–Crippen LogP) is 4.27. The largest absolute Gasteiger partial charge is 0.497 e. The molecule has 0 bridgehead atoms.